The van der Waals surface area contributed by atoms with Crippen LogP contribution in [0.15, 0.2) is 43.0 Å². The van der Waals surface area contributed by atoms with Gasteiger partial charge in [-0.2, -0.15) is 0 Å². The lowest BCUT2D eigenvalue weighted by Crippen LogP contribution is -2.31. The first-order chi connectivity index (χ1) is 10.8. The molecule has 2 aromatic rings. The predicted octanol–water partition coefficient (Wildman–Crippen LogP) is 2.97. The van der Waals surface area contributed by atoms with Gasteiger partial charge in [0.1, 0.15) is 6.33 Å². The van der Waals surface area contributed by atoms with Crippen LogP contribution < -0.4 is 0 Å². The molecule has 4 nitrogen and oxygen atoms in total. The molecule has 1 fully saturated rings. The van der Waals surface area contributed by atoms with Crippen LogP contribution in [0, 0.1) is 6.92 Å². The summed E-state index contributed by atoms with van der Waals surface area (Å²) >= 11 is 0. The third kappa shape index (κ3) is 4.36. The molecular weight excluding hydrogens is 274 g/mol. The Labute approximate surface area is 132 Å². The lowest BCUT2D eigenvalue weighted by atomic mass is 10.1. The molecule has 22 heavy (non-hydrogen) atoms. The molecule has 116 valence electrons. The van der Waals surface area contributed by atoms with Gasteiger partial charge in [-0.05, 0) is 25.3 Å². The number of aryl methyl sites for hydroxylation is 1. The molecule has 0 N–H and O–H groups in total. The molecule has 0 spiro atoms. The van der Waals surface area contributed by atoms with Crippen molar-refractivity contribution in [2.75, 3.05) is 13.2 Å². The number of nitrogens with zero attached hydrogens (tertiary/aromatic N) is 3. The fraction of sp³-hybridized carbons (Fsp3) is 0.444. The van der Waals surface area contributed by atoms with Crippen molar-refractivity contribution in [1.82, 2.24) is 14.9 Å². The summed E-state index contributed by atoms with van der Waals surface area (Å²) in [5.41, 5.74) is 3.79. The van der Waals surface area contributed by atoms with Crippen molar-refractivity contribution >= 4 is 0 Å². The van der Waals surface area contributed by atoms with Crippen LogP contribution in [-0.4, -0.2) is 34.1 Å². The molecule has 1 aromatic carbocycles. The van der Waals surface area contributed by atoms with Crippen LogP contribution in [0.2, 0.25) is 0 Å². The van der Waals surface area contributed by atoms with Crippen molar-refractivity contribution in [1.29, 1.82) is 0 Å². The first-order valence-corrected chi connectivity index (χ1v) is 7.93. The average molecular weight is 297 g/mol. The van der Waals surface area contributed by atoms with Gasteiger partial charge in [0, 0.05) is 44.2 Å². The van der Waals surface area contributed by atoms with E-state index in [4.69, 9.17) is 4.74 Å². The largest absolute Gasteiger partial charge is 0.377 e. The van der Waals surface area contributed by atoms with E-state index in [-0.39, 0.29) is 0 Å². The number of aromatic nitrogens is 2. The van der Waals surface area contributed by atoms with Crippen molar-refractivity contribution < 1.29 is 4.74 Å². The SMILES string of the molecule is Cc1cccc(CN(Cc2cncnc2)CC2CCCO2)c1. The van der Waals surface area contributed by atoms with Crippen LogP contribution in [0.3, 0.4) is 0 Å². The smallest absolute Gasteiger partial charge is 0.115 e. The summed E-state index contributed by atoms with van der Waals surface area (Å²) in [6.45, 7) is 5.78. The van der Waals surface area contributed by atoms with Gasteiger partial charge in [-0.15, -0.1) is 0 Å². The number of benzene rings is 1. The zero-order valence-corrected chi connectivity index (χ0v) is 13.1. The van der Waals surface area contributed by atoms with E-state index >= 15 is 0 Å². The molecule has 0 aliphatic carbocycles. The third-order valence-corrected chi connectivity index (χ3v) is 3.99. The van der Waals surface area contributed by atoms with Gasteiger partial charge >= 0.3 is 0 Å². The van der Waals surface area contributed by atoms with Crippen molar-refractivity contribution in [2.45, 2.75) is 39.0 Å². The van der Waals surface area contributed by atoms with Crippen molar-refractivity contribution in [3.8, 4) is 0 Å². The molecule has 0 radical (unpaired) electrons. The molecule has 1 saturated heterocycles. The average Bonchev–Trinajstić information content (AvgIpc) is 3.01. The quantitative estimate of drug-likeness (QED) is 0.821. The monoisotopic (exact) mass is 297 g/mol. The van der Waals surface area contributed by atoms with Gasteiger partial charge in [0.15, 0.2) is 0 Å². The van der Waals surface area contributed by atoms with E-state index < -0.39 is 0 Å². The molecule has 0 bridgehead atoms. The standard InChI is InChI=1S/C18H23N3O/c1-15-4-2-5-16(8-15)11-21(13-18-6-3-7-22-18)12-17-9-19-14-20-10-17/h2,4-5,8-10,14,18H,3,6-7,11-13H2,1H3. The first kappa shape index (κ1) is 15.1. The molecular formula is C18H23N3O. The molecule has 1 aliphatic heterocycles. The maximum absolute atomic E-state index is 5.81. The topological polar surface area (TPSA) is 38.2 Å². The maximum atomic E-state index is 5.81. The van der Waals surface area contributed by atoms with Crippen LogP contribution in [0.1, 0.15) is 29.5 Å². The van der Waals surface area contributed by atoms with E-state index in [1.807, 2.05) is 12.4 Å². The van der Waals surface area contributed by atoms with Crippen LogP contribution >= 0.6 is 0 Å². The van der Waals surface area contributed by atoms with E-state index in [9.17, 15) is 0 Å². The highest BCUT2D eigenvalue weighted by atomic mass is 16.5. The summed E-state index contributed by atoms with van der Waals surface area (Å²) in [6, 6.07) is 8.71. The fourth-order valence-electron chi connectivity index (χ4n) is 3.00. The molecule has 3 rings (SSSR count). The van der Waals surface area contributed by atoms with Gasteiger partial charge < -0.3 is 4.74 Å². The van der Waals surface area contributed by atoms with Crippen molar-refractivity contribution in [3.63, 3.8) is 0 Å². The van der Waals surface area contributed by atoms with Crippen LogP contribution in [0.25, 0.3) is 0 Å². The minimum absolute atomic E-state index is 0.356. The van der Waals surface area contributed by atoms with Gasteiger partial charge in [-0.25, -0.2) is 9.97 Å². The van der Waals surface area contributed by atoms with Gasteiger partial charge in [0.2, 0.25) is 0 Å². The lowest BCUT2D eigenvalue weighted by Gasteiger charge is -2.25. The summed E-state index contributed by atoms with van der Waals surface area (Å²) < 4.78 is 5.81. The molecule has 4 heteroatoms. The van der Waals surface area contributed by atoms with E-state index in [0.29, 0.717) is 6.10 Å². The molecule has 1 unspecified atom stereocenters. The Balaban J connectivity index is 1.70. The molecule has 1 atom stereocenters. The Kier molecular flexibility index (Phi) is 5.14. The second-order valence-electron chi connectivity index (χ2n) is 6.04. The van der Waals surface area contributed by atoms with Crippen LogP contribution in [0.4, 0.5) is 0 Å². The molecule has 1 aromatic heterocycles. The van der Waals surface area contributed by atoms with E-state index in [0.717, 1.165) is 38.2 Å². The lowest BCUT2D eigenvalue weighted by molar-refractivity contribution is 0.0678. The minimum Gasteiger partial charge on any atom is -0.377 e. The summed E-state index contributed by atoms with van der Waals surface area (Å²) in [7, 11) is 0. The first-order valence-electron chi connectivity index (χ1n) is 7.93. The Morgan fingerprint density at radius 1 is 1.18 bits per heavy atom. The van der Waals surface area contributed by atoms with Gasteiger partial charge in [0.05, 0.1) is 6.10 Å². The molecule has 1 aliphatic rings. The van der Waals surface area contributed by atoms with Crippen LogP contribution in [0.5, 0.6) is 0 Å². The highest BCUT2D eigenvalue weighted by molar-refractivity contribution is 5.22. The van der Waals surface area contributed by atoms with Gasteiger partial charge in [-0.1, -0.05) is 29.8 Å². The second-order valence-corrected chi connectivity index (χ2v) is 6.04. The summed E-state index contributed by atoms with van der Waals surface area (Å²) in [6.07, 6.45) is 8.06. The zero-order valence-electron chi connectivity index (χ0n) is 13.1. The minimum atomic E-state index is 0.356. The number of rotatable bonds is 6. The number of hydrogen-bond acceptors (Lipinski definition) is 4. The van der Waals surface area contributed by atoms with Crippen molar-refractivity contribution in [3.05, 3.63) is 59.7 Å². The third-order valence-electron chi connectivity index (χ3n) is 3.99. The van der Waals surface area contributed by atoms with Gasteiger partial charge in [-0.3, -0.25) is 4.90 Å². The van der Waals surface area contributed by atoms with E-state index in [1.54, 1.807) is 6.33 Å². The maximum Gasteiger partial charge on any atom is 0.115 e. The number of hydrogen-bond donors (Lipinski definition) is 0. The fourth-order valence-corrected chi connectivity index (χ4v) is 3.00. The number of ether oxygens (including phenoxy) is 1. The Bertz CT molecular complexity index is 582. The molecule has 0 amide bonds. The molecule has 0 saturated carbocycles. The van der Waals surface area contributed by atoms with Gasteiger partial charge in [0.25, 0.3) is 0 Å². The Morgan fingerprint density at radius 2 is 2.00 bits per heavy atom. The Hall–Kier alpha value is -1.78. The van der Waals surface area contributed by atoms with Crippen molar-refractivity contribution in [2.24, 2.45) is 0 Å². The predicted molar refractivity (Wildman–Crippen MR) is 86.3 cm³/mol. The summed E-state index contributed by atoms with van der Waals surface area (Å²) in [5, 5.41) is 0. The normalized spacial score (nSPS) is 18.0. The van der Waals surface area contributed by atoms with Crippen LogP contribution in [-0.2, 0) is 17.8 Å². The zero-order chi connectivity index (χ0) is 15.2. The molecule has 2 heterocycles. The summed E-state index contributed by atoms with van der Waals surface area (Å²) in [4.78, 5) is 10.7. The van der Waals surface area contributed by atoms with E-state index in [1.165, 1.54) is 17.5 Å². The highest BCUT2D eigenvalue weighted by Gasteiger charge is 2.19. The Morgan fingerprint density at radius 3 is 2.73 bits per heavy atom. The second kappa shape index (κ2) is 7.47. The highest BCUT2D eigenvalue weighted by Crippen LogP contribution is 2.17. The van der Waals surface area contributed by atoms with E-state index in [2.05, 4.69) is 46.1 Å². The summed E-state index contributed by atoms with van der Waals surface area (Å²) in [5.74, 6) is 0.